The number of methoxy groups -OCH3 is 1. The summed E-state index contributed by atoms with van der Waals surface area (Å²) >= 11 is 1.82. The monoisotopic (exact) mass is 362 g/mol. The number of thioether (sulfide) groups is 1. The van der Waals surface area contributed by atoms with Gasteiger partial charge in [-0.2, -0.15) is 0 Å². The Bertz CT molecular complexity index is 670. The van der Waals surface area contributed by atoms with Crippen molar-refractivity contribution >= 4 is 23.6 Å². The van der Waals surface area contributed by atoms with E-state index >= 15 is 0 Å². The van der Waals surface area contributed by atoms with Gasteiger partial charge in [0, 0.05) is 41.6 Å². The number of urea groups is 1. The van der Waals surface area contributed by atoms with Crippen LogP contribution >= 0.6 is 11.8 Å². The minimum atomic E-state index is -0.119. The van der Waals surface area contributed by atoms with E-state index in [0.29, 0.717) is 22.9 Å². The number of carbonyl (C=O) groups excluding carboxylic acids is 1. The Morgan fingerprint density at radius 2 is 2.20 bits per heavy atom. The first-order valence-electron chi connectivity index (χ1n) is 8.28. The zero-order valence-electron chi connectivity index (χ0n) is 14.3. The quantitative estimate of drug-likeness (QED) is 0.820. The molecule has 1 fully saturated rings. The average Bonchev–Trinajstić information content (AvgIpc) is 3.15. The van der Waals surface area contributed by atoms with Crippen LogP contribution < -0.4 is 10.1 Å². The number of ether oxygens (including phenoxy) is 1. The molecule has 2 amide bonds. The lowest BCUT2D eigenvalue weighted by molar-refractivity contribution is 0.182. The molecule has 0 spiro atoms. The number of nitrogens with one attached hydrogen (secondary N) is 1. The second-order valence-corrected chi connectivity index (χ2v) is 7.45. The van der Waals surface area contributed by atoms with E-state index in [1.165, 1.54) is 6.26 Å². The zero-order chi connectivity index (χ0) is 17.6. The fourth-order valence-electron chi connectivity index (χ4n) is 2.91. The Hall–Kier alpha value is -2.22. The number of rotatable bonds is 5. The Labute approximate surface area is 151 Å². The SMILES string of the molecule is COc1ccc(SC(C)C2CCN(C(=O)Nc3ccon3)CC2)cn1. The number of aromatic nitrogens is 2. The van der Waals surface area contributed by atoms with Crippen molar-refractivity contribution in [3.05, 3.63) is 30.7 Å². The van der Waals surface area contributed by atoms with Gasteiger partial charge < -0.3 is 14.2 Å². The van der Waals surface area contributed by atoms with E-state index in [4.69, 9.17) is 9.26 Å². The standard InChI is InChI=1S/C17H22N4O3S/c1-12(25-14-3-4-16(23-2)18-11-14)13-5-8-21(9-6-13)17(22)19-15-7-10-24-20-15/h3-4,7,10-13H,5-6,8-9H2,1-2H3,(H,19,20,22). The topological polar surface area (TPSA) is 80.5 Å². The minimum absolute atomic E-state index is 0.119. The maximum Gasteiger partial charge on any atom is 0.323 e. The number of hydrogen-bond donors (Lipinski definition) is 1. The van der Waals surface area contributed by atoms with Crippen molar-refractivity contribution in [2.75, 3.05) is 25.5 Å². The van der Waals surface area contributed by atoms with E-state index in [-0.39, 0.29) is 6.03 Å². The third-order valence-corrected chi connectivity index (χ3v) is 5.67. The van der Waals surface area contributed by atoms with Crippen LogP contribution in [0.2, 0.25) is 0 Å². The van der Waals surface area contributed by atoms with Crippen LogP contribution in [0.25, 0.3) is 0 Å². The highest BCUT2D eigenvalue weighted by atomic mass is 32.2. The third-order valence-electron chi connectivity index (χ3n) is 4.40. The van der Waals surface area contributed by atoms with Gasteiger partial charge in [-0.3, -0.25) is 5.32 Å². The molecule has 1 aliphatic rings. The fourth-order valence-corrected chi connectivity index (χ4v) is 4.06. The van der Waals surface area contributed by atoms with Crippen molar-refractivity contribution in [2.45, 2.75) is 29.9 Å². The number of anilines is 1. The molecule has 3 heterocycles. The molecule has 1 unspecified atom stereocenters. The van der Waals surface area contributed by atoms with E-state index < -0.39 is 0 Å². The van der Waals surface area contributed by atoms with Crippen LogP contribution in [0.5, 0.6) is 5.88 Å². The molecule has 2 aromatic heterocycles. The lowest BCUT2D eigenvalue weighted by Crippen LogP contribution is -2.42. The highest BCUT2D eigenvalue weighted by Crippen LogP contribution is 2.33. The largest absolute Gasteiger partial charge is 0.481 e. The smallest absolute Gasteiger partial charge is 0.323 e. The van der Waals surface area contributed by atoms with Crippen LogP contribution in [0, 0.1) is 5.92 Å². The molecule has 3 rings (SSSR count). The predicted octanol–water partition coefficient (Wildman–Crippen LogP) is 3.50. The second kappa shape index (κ2) is 8.24. The van der Waals surface area contributed by atoms with Gasteiger partial charge in [0.1, 0.15) is 6.26 Å². The first kappa shape index (κ1) is 17.6. The fraction of sp³-hybridized carbons (Fsp3) is 0.471. The molecule has 134 valence electrons. The van der Waals surface area contributed by atoms with Gasteiger partial charge in [-0.05, 0) is 24.8 Å². The number of likely N-dealkylation sites (tertiary alicyclic amines) is 1. The van der Waals surface area contributed by atoms with Gasteiger partial charge in [-0.25, -0.2) is 9.78 Å². The summed E-state index contributed by atoms with van der Waals surface area (Å²) in [5.41, 5.74) is 0. The summed E-state index contributed by atoms with van der Waals surface area (Å²) in [6, 6.07) is 5.43. The number of piperidine rings is 1. The summed E-state index contributed by atoms with van der Waals surface area (Å²) < 4.78 is 9.81. The molecule has 0 saturated carbocycles. The Kier molecular flexibility index (Phi) is 5.80. The van der Waals surface area contributed by atoms with E-state index in [0.717, 1.165) is 30.8 Å². The van der Waals surface area contributed by atoms with Crippen LogP contribution in [0.4, 0.5) is 10.6 Å². The minimum Gasteiger partial charge on any atom is -0.481 e. The maximum atomic E-state index is 12.2. The van der Waals surface area contributed by atoms with Crippen LogP contribution in [0.3, 0.4) is 0 Å². The normalized spacial score (nSPS) is 16.5. The Morgan fingerprint density at radius 1 is 1.40 bits per heavy atom. The summed E-state index contributed by atoms with van der Waals surface area (Å²) in [5.74, 6) is 1.65. The molecular weight excluding hydrogens is 340 g/mol. The summed E-state index contributed by atoms with van der Waals surface area (Å²) in [6.07, 6.45) is 5.27. The number of amides is 2. The van der Waals surface area contributed by atoms with Gasteiger partial charge in [0.25, 0.3) is 0 Å². The first-order chi connectivity index (χ1) is 12.2. The summed E-state index contributed by atoms with van der Waals surface area (Å²) in [4.78, 5) is 19.4. The lowest BCUT2D eigenvalue weighted by Gasteiger charge is -2.34. The number of pyridine rings is 1. The number of carbonyl (C=O) groups is 1. The van der Waals surface area contributed by atoms with Crippen molar-refractivity contribution < 1.29 is 14.1 Å². The van der Waals surface area contributed by atoms with Crippen LogP contribution in [-0.2, 0) is 0 Å². The van der Waals surface area contributed by atoms with Crippen LogP contribution in [0.1, 0.15) is 19.8 Å². The number of nitrogens with zero attached hydrogens (tertiary/aromatic N) is 3. The van der Waals surface area contributed by atoms with Crippen LogP contribution in [0.15, 0.2) is 40.1 Å². The highest BCUT2D eigenvalue weighted by Gasteiger charge is 2.27. The summed E-state index contributed by atoms with van der Waals surface area (Å²) in [7, 11) is 1.62. The van der Waals surface area contributed by atoms with E-state index in [1.807, 2.05) is 35.0 Å². The number of hydrogen-bond acceptors (Lipinski definition) is 6. The molecule has 25 heavy (non-hydrogen) atoms. The molecule has 0 aromatic carbocycles. The van der Waals surface area contributed by atoms with E-state index in [2.05, 4.69) is 22.4 Å². The first-order valence-corrected chi connectivity index (χ1v) is 9.16. The third kappa shape index (κ3) is 4.66. The van der Waals surface area contributed by atoms with Gasteiger partial charge in [0.05, 0.1) is 7.11 Å². The van der Waals surface area contributed by atoms with Crippen molar-refractivity contribution in [1.29, 1.82) is 0 Å². The molecule has 8 heteroatoms. The molecule has 0 radical (unpaired) electrons. The summed E-state index contributed by atoms with van der Waals surface area (Å²) in [5, 5.41) is 6.91. The maximum absolute atomic E-state index is 12.2. The second-order valence-electron chi connectivity index (χ2n) is 6.00. The van der Waals surface area contributed by atoms with Gasteiger partial charge >= 0.3 is 6.03 Å². The van der Waals surface area contributed by atoms with Crippen molar-refractivity contribution in [1.82, 2.24) is 15.0 Å². The van der Waals surface area contributed by atoms with E-state index in [1.54, 1.807) is 13.2 Å². The molecule has 1 saturated heterocycles. The summed E-state index contributed by atoms with van der Waals surface area (Å²) in [6.45, 7) is 3.74. The van der Waals surface area contributed by atoms with Crippen LogP contribution in [-0.4, -0.2) is 46.5 Å². The molecule has 1 N–H and O–H groups in total. The van der Waals surface area contributed by atoms with Gasteiger partial charge in [0.15, 0.2) is 5.82 Å². The molecule has 7 nitrogen and oxygen atoms in total. The highest BCUT2D eigenvalue weighted by molar-refractivity contribution is 8.00. The van der Waals surface area contributed by atoms with Crippen molar-refractivity contribution in [3.8, 4) is 5.88 Å². The predicted molar refractivity (Wildman–Crippen MR) is 95.9 cm³/mol. The molecule has 2 aromatic rings. The van der Waals surface area contributed by atoms with Crippen molar-refractivity contribution in [2.24, 2.45) is 5.92 Å². The molecular formula is C17H22N4O3S. The average molecular weight is 362 g/mol. The molecule has 0 aliphatic carbocycles. The van der Waals surface area contributed by atoms with Gasteiger partial charge in [0.2, 0.25) is 5.88 Å². The Balaban J connectivity index is 1.46. The molecule has 1 atom stereocenters. The van der Waals surface area contributed by atoms with Gasteiger partial charge in [-0.1, -0.05) is 12.1 Å². The zero-order valence-corrected chi connectivity index (χ0v) is 15.2. The molecule has 1 aliphatic heterocycles. The van der Waals surface area contributed by atoms with E-state index in [9.17, 15) is 4.79 Å². The molecule has 0 bridgehead atoms. The van der Waals surface area contributed by atoms with Gasteiger partial charge in [-0.15, -0.1) is 11.8 Å². The lowest BCUT2D eigenvalue weighted by atomic mass is 9.94. The Morgan fingerprint density at radius 3 is 2.80 bits per heavy atom. The van der Waals surface area contributed by atoms with Crippen molar-refractivity contribution in [3.63, 3.8) is 0 Å².